The molecule has 0 saturated carbocycles. The van der Waals surface area contributed by atoms with E-state index in [9.17, 15) is 9.59 Å². The van der Waals surface area contributed by atoms with E-state index in [0.29, 0.717) is 23.4 Å². The van der Waals surface area contributed by atoms with Crippen LogP contribution < -0.4 is 15.7 Å². The highest BCUT2D eigenvalue weighted by Crippen LogP contribution is 2.28. The number of hydrogen-bond acceptors (Lipinski definition) is 4. The van der Waals surface area contributed by atoms with Crippen molar-refractivity contribution in [1.82, 2.24) is 10.3 Å². The van der Waals surface area contributed by atoms with Gasteiger partial charge in [-0.25, -0.2) is 4.79 Å². The molecule has 2 aromatic carbocycles. The Hall–Kier alpha value is -3.54. The first kappa shape index (κ1) is 19.8. The van der Waals surface area contributed by atoms with Gasteiger partial charge in [-0.3, -0.25) is 4.79 Å². The van der Waals surface area contributed by atoms with Gasteiger partial charge < -0.3 is 19.5 Å². The van der Waals surface area contributed by atoms with Crippen LogP contribution >= 0.6 is 0 Å². The van der Waals surface area contributed by atoms with Crippen LogP contribution in [0.4, 0.5) is 0 Å². The third kappa shape index (κ3) is 3.81. The van der Waals surface area contributed by atoms with Crippen molar-refractivity contribution < 1.29 is 13.9 Å². The molecule has 6 nitrogen and oxygen atoms in total. The van der Waals surface area contributed by atoms with Gasteiger partial charge in [-0.2, -0.15) is 0 Å². The smallest absolute Gasteiger partial charge is 0.336 e. The zero-order chi connectivity index (χ0) is 21.3. The second-order valence-electron chi connectivity index (χ2n) is 7.47. The van der Waals surface area contributed by atoms with E-state index in [1.165, 1.54) is 11.5 Å². The van der Waals surface area contributed by atoms with E-state index < -0.39 is 11.7 Å². The standard InChI is InChI=1S/C24H24N2O4/c1-14-12-22(27)30-23-15(2)21(9-8-18(14)23)29-16(3)24(28)25-11-10-17-13-26-20-7-5-4-6-19(17)20/h4-9,12-13,16,26H,10-11H2,1-3H3,(H,25,28)/t16-/m0/s1. The average molecular weight is 404 g/mol. The summed E-state index contributed by atoms with van der Waals surface area (Å²) in [6.07, 6.45) is 2.02. The third-order valence-electron chi connectivity index (χ3n) is 5.36. The molecule has 0 bridgehead atoms. The lowest BCUT2D eigenvalue weighted by molar-refractivity contribution is -0.127. The maximum absolute atomic E-state index is 12.5. The number of aromatic amines is 1. The van der Waals surface area contributed by atoms with Crippen molar-refractivity contribution >= 4 is 27.8 Å². The number of fused-ring (bicyclic) bond motifs is 2. The predicted molar refractivity (Wildman–Crippen MR) is 117 cm³/mol. The summed E-state index contributed by atoms with van der Waals surface area (Å²) in [7, 11) is 0. The van der Waals surface area contributed by atoms with E-state index in [1.54, 1.807) is 13.0 Å². The lowest BCUT2D eigenvalue weighted by Crippen LogP contribution is -2.37. The number of hydrogen-bond donors (Lipinski definition) is 2. The molecule has 0 aliphatic carbocycles. The van der Waals surface area contributed by atoms with E-state index in [1.807, 2.05) is 44.3 Å². The Kier molecular flexibility index (Phi) is 5.31. The Morgan fingerprint density at radius 2 is 1.97 bits per heavy atom. The zero-order valence-electron chi connectivity index (χ0n) is 17.2. The minimum atomic E-state index is -0.680. The monoisotopic (exact) mass is 404 g/mol. The summed E-state index contributed by atoms with van der Waals surface area (Å²) in [6.45, 7) is 5.90. The van der Waals surface area contributed by atoms with Crippen LogP contribution in [0.5, 0.6) is 5.75 Å². The summed E-state index contributed by atoms with van der Waals surface area (Å²) in [6, 6.07) is 13.2. The molecule has 0 spiro atoms. The third-order valence-corrected chi connectivity index (χ3v) is 5.36. The number of nitrogens with one attached hydrogen (secondary N) is 2. The number of amides is 1. The van der Waals surface area contributed by atoms with E-state index in [0.717, 1.165) is 28.5 Å². The highest BCUT2D eigenvalue weighted by Gasteiger charge is 2.17. The van der Waals surface area contributed by atoms with E-state index in [4.69, 9.17) is 9.15 Å². The van der Waals surface area contributed by atoms with Crippen molar-refractivity contribution in [2.75, 3.05) is 6.54 Å². The molecule has 2 aromatic heterocycles. The molecule has 0 radical (unpaired) electrons. The first-order valence-corrected chi connectivity index (χ1v) is 9.97. The van der Waals surface area contributed by atoms with Crippen molar-refractivity contribution in [2.24, 2.45) is 0 Å². The van der Waals surface area contributed by atoms with Crippen LogP contribution in [0.15, 0.2) is 57.9 Å². The molecule has 0 fully saturated rings. The first-order valence-electron chi connectivity index (χ1n) is 9.97. The quantitative estimate of drug-likeness (QED) is 0.476. The fourth-order valence-corrected chi connectivity index (χ4v) is 3.67. The van der Waals surface area contributed by atoms with Crippen molar-refractivity contribution in [2.45, 2.75) is 33.3 Å². The molecule has 0 aliphatic heterocycles. The summed E-state index contributed by atoms with van der Waals surface area (Å²) in [4.78, 5) is 27.5. The number of benzene rings is 2. The van der Waals surface area contributed by atoms with E-state index >= 15 is 0 Å². The minimum Gasteiger partial charge on any atom is -0.480 e. The van der Waals surface area contributed by atoms with Crippen LogP contribution in [-0.2, 0) is 11.2 Å². The minimum absolute atomic E-state index is 0.194. The molecular weight excluding hydrogens is 380 g/mol. The number of para-hydroxylation sites is 1. The van der Waals surface area contributed by atoms with Gasteiger partial charge in [-0.15, -0.1) is 0 Å². The summed E-state index contributed by atoms with van der Waals surface area (Å²) in [5.74, 6) is 0.329. The van der Waals surface area contributed by atoms with Crippen LogP contribution in [0.25, 0.3) is 21.9 Å². The molecule has 1 atom stereocenters. The number of H-pyrrole nitrogens is 1. The predicted octanol–water partition coefficient (Wildman–Crippen LogP) is 4.02. The van der Waals surface area contributed by atoms with Crippen LogP contribution in [-0.4, -0.2) is 23.5 Å². The van der Waals surface area contributed by atoms with E-state index in [-0.39, 0.29) is 5.91 Å². The number of aryl methyl sites for hydroxylation is 2. The molecule has 30 heavy (non-hydrogen) atoms. The molecule has 0 saturated heterocycles. The number of carbonyl (C=O) groups is 1. The van der Waals surface area contributed by atoms with Crippen molar-refractivity contribution in [3.8, 4) is 5.75 Å². The summed E-state index contributed by atoms with van der Waals surface area (Å²) >= 11 is 0. The number of carbonyl (C=O) groups excluding carboxylic acids is 1. The highest BCUT2D eigenvalue weighted by atomic mass is 16.5. The summed E-state index contributed by atoms with van der Waals surface area (Å²) < 4.78 is 11.2. The highest BCUT2D eigenvalue weighted by molar-refractivity contribution is 5.86. The van der Waals surface area contributed by atoms with Gasteiger partial charge in [0.05, 0.1) is 0 Å². The maximum atomic E-state index is 12.5. The Labute approximate surface area is 173 Å². The van der Waals surface area contributed by atoms with Gasteiger partial charge >= 0.3 is 5.63 Å². The van der Waals surface area contributed by atoms with Crippen molar-refractivity contribution in [3.05, 3.63) is 75.8 Å². The van der Waals surface area contributed by atoms with Gasteiger partial charge in [0.25, 0.3) is 5.91 Å². The van der Waals surface area contributed by atoms with Gasteiger partial charge in [0.1, 0.15) is 11.3 Å². The van der Waals surface area contributed by atoms with Crippen molar-refractivity contribution in [1.29, 1.82) is 0 Å². The lowest BCUT2D eigenvalue weighted by atomic mass is 10.1. The summed E-state index contributed by atoms with van der Waals surface area (Å²) in [5.41, 5.74) is 3.89. The van der Waals surface area contributed by atoms with Gasteiger partial charge in [0.15, 0.2) is 6.10 Å². The Balaban J connectivity index is 1.41. The SMILES string of the molecule is Cc1cc(=O)oc2c(C)c(O[C@@H](C)C(=O)NCCc3c[nH]c4ccccc34)ccc12. The summed E-state index contributed by atoms with van der Waals surface area (Å²) in [5, 5.41) is 4.95. The maximum Gasteiger partial charge on any atom is 0.336 e. The molecule has 2 heterocycles. The topological polar surface area (TPSA) is 84.3 Å². The Morgan fingerprint density at radius 1 is 1.17 bits per heavy atom. The lowest BCUT2D eigenvalue weighted by Gasteiger charge is -2.17. The van der Waals surface area contributed by atoms with Crippen LogP contribution in [0.2, 0.25) is 0 Å². The molecule has 1 amide bonds. The normalized spacial score (nSPS) is 12.2. The molecule has 4 aromatic rings. The first-order chi connectivity index (χ1) is 14.4. The van der Waals surface area contributed by atoms with Crippen LogP contribution in [0.1, 0.15) is 23.6 Å². The largest absolute Gasteiger partial charge is 0.480 e. The molecule has 6 heteroatoms. The van der Waals surface area contributed by atoms with E-state index in [2.05, 4.69) is 16.4 Å². The van der Waals surface area contributed by atoms with Gasteiger partial charge in [-0.1, -0.05) is 18.2 Å². The average Bonchev–Trinajstić information content (AvgIpc) is 3.13. The number of ether oxygens (including phenoxy) is 1. The fourth-order valence-electron chi connectivity index (χ4n) is 3.67. The van der Waals surface area contributed by atoms with Crippen LogP contribution in [0, 0.1) is 13.8 Å². The van der Waals surface area contributed by atoms with Crippen molar-refractivity contribution in [3.63, 3.8) is 0 Å². The zero-order valence-corrected chi connectivity index (χ0v) is 17.2. The number of aromatic nitrogens is 1. The van der Waals surface area contributed by atoms with Crippen LogP contribution in [0.3, 0.4) is 0 Å². The Morgan fingerprint density at radius 3 is 2.80 bits per heavy atom. The molecule has 2 N–H and O–H groups in total. The van der Waals surface area contributed by atoms with Gasteiger partial charge in [0, 0.05) is 40.7 Å². The number of rotatable bonds is 6. The fraction of sp³-hybridized carbons (Fsp3) is 0.250. The second-order valence-corrected chi connectivity index (χ2v) is 7.47. The van der Waals surface area contributed by atoms with Gasteiger partial charge in [0.2, 0.25) is 0 Å². The van der Waals surface area contributed by atoms with Gasteiger partial charge in [-0.05, 0) is 56.5 Å². The molecule has 0 aliphatic rings. The Bertz CT molecular complexity index is 1290. The molecule has 4 rings (SSSR count). The molecule has 0 unspecified atom stereocenters. The molecular formula is C24H24N2O4. The second kappa shape index (κ2) is 8.06. The molecule has 154 valence electrons.